The number of nitrogens with zero attached hydrogens (tertiary/aromatic N) is 3. The van der Waals surface area contributed by atoms with Crippen LogP contribution in [-0.2, 0) is 0 Å². The van der Waals surface area contributed by atoms with Crippen LogP contribution in [0.25, 0.3) is 11.1 Å². The first kappa shape index (κ1) is 15.8. The number of benzene rings is 1. The molecule has 4 heteroatoms. The van der Waals surface area contributed by atoms with E-state index in [1.807, 2.05) is 12.1 Å². The van der Waals surface area contributed by atoms with Crippen molar-refractivity contribution in [1.29, 1.82) is 0 Å². The van der Waals surface area contributed by atoms with Crippen molar-refractivity contribution in [2.75, 3.05) is 43.4 Å². The van der Waals surface area contributed by atoms with Crippen molar-refractivity contribution >= 4 is 11.5 Å². The molecule has 1 aromatic heterocycles. The van der Waals surface area contributed by atoms with Crippen LogP contribution in [0.2, 0.25) is 0 Å². The van der Waals surface area contributed by atoms with Crippen molar-refractivity contribution in [3.63, 3.8) is 0 Å². The summed E-state index contributed by atoms with van der Waals surface area (Å²) in [6.07, 6.45) is 4.35. The molecule has 0 radical (unpaired) electrons. The Labute approximate surface area is 138 Å². The average molecular weight is 310 g/mol. The molecule has 0 spiro atoms. The molecule has 1 aliphatic heterocycles. The Hall–Kier alpha value is -2.07. The summed E-state index contributed by atoms with van der Waals surface area (Å²) in [6, 6.07) is 12.7. The maximum atomic E-state index is 5.77. The van der Waals surface area contributed by atoms with Crippen molar-refractivity contribution in [3.05, 3.63) is 42.6 Å². The van der Waals surface area contributed by atoms with Crippen molar-refractivity contribution in [2.45, 2.75) is 19.8 Å². The zero-order valence-corrected chi connectivity index (χ0v) is 13.9. The highest BCUT2D eigenvalue weighted by Gasteiger charge is 2.16. The molecule has 1 aliphatic rings. The number of hydrogen-bond acceptors (Lipinski definition) is 4. The van der Waals surface area contributed by atoms with E-state index in [1.54, 1.807) is 6.20 Å². The molecule has 0 bridgehead atoms. The van der Waals surface area contributed by atoms with Gasteiger partial charge >= 0.3 is 0 Å². The lowest BCUT2D eigenvalue weighted by Gasteiger charge is -2.36. The van der Waals surface area contributed by atoms with E-state index >= 15 is 0 Å². The Morgan fingerprint density at radius 1 is 1.00 bits per heavy atom. The molecule has 0 aliphatic carbocycles. The maximum absolute atomic E-state index is 5.77. The average Bonchev–Trinajstić information content (AvgIpc) is 2.61. The SMILES string of the molecule is CCCCN1CCN(c2ccc(-c3ccnc(N)c3)cc2)CC1. The van der Waals surface area contributed by atoms with Crippen molar-refractivity contribution in [3.8, 4) is 11.1 Å². The zero-order chi connectivity index (χ0) is 16.1. The van der Waals surface area contributed by atoms with Crippen LogP contribution in [0, 0.1) is 0 Å². The minimum Gasteiger partial charge on any atom is -0.384 e. The van der Waals surface area contributed by atoms with Crippen LogP contribution in [0.5, 0.6) is 0 Å². The fraction of sp³-hybridized carbons (Fsp3) is 0.421. The quantitative estimate of drug-likeness (QED) is 0.921. The highest BCUT2D eigenvalue weighted by molar-refractivity contribution is 5.68. The standard InChI is InChI=1S/C19H26N4/c1-2-3-10-22-11-13-23(14-12-22)18-6-4-16(5-7-18)17-8-9-21-19(20)15-17/h4-9,15H,2-3,10-14H2,1H3,(H2,20,21). The number of aromatic nitrogens is 1. The summed E-state index contributed by atoms with van der Waals surface area (Å²) >= 11 is 0. The number of anilines is 2. The van der Waals surface area contributed by atoms with Crippen LogP contribution in [0.3, 0.4) is 0 Å². The second kappa shape index (κ2) is 7.47. The molecule has 0 amide bonds. The Morgan fingerprint density at radius 2 is 1.74 bits per heavy atom. The van der Waals surface area contributed by atoms with E-state index < -0.39 is 0 Å². The Morgan fingerprint density at radius 3 is 2.39 bits per heavy atom. The minimum absolute atomic E-state index is 0.565. The molecule has 2 aromatic rings. The van der Waals surface area contributed by atoms with Gasteiger partial charge in [-0.15, -0.1) is 0 Å². The zero-order valence-electron chi connectivity index (χ0n) is 13.9. The molecular weight excluding hydrogens is 284 g/mol. The van der Waals surface area contributed by atoms with Crippen LogP contribution in [0.15, 0.2) is 42.6 Å². The summed E-state index contributed by atoms with van der Waals surface area (Å²) in [6.45, 7) is 8.07. The molecule has 3 rings (SSSR count). The fourth-order valence-corrected chi connectivity index (χ4v) is 3.10. The molecule has 0 atom stereocenters. The normalized spacial score (nSPS) is 15.8. The number of unbranched alkanes of at least 4 members (excludes halogenated alkanes) is 1. The number of piperazine rings is 1. The van der Waals surface area contributed by atoms with Gasteiger partial charge in [-0.25, -0.2) is 4.98 Å². The summed E-state index contributed by atoms with van der Waals surface area (Å²) < 4.78 is 0. The molecule has 2 heterocycles. The Balaban J connectivity index is 1.62. The third-order valence-electron chi connectivity index (χ3n) is 4.55. The van der Waals surface area contributed by atoms with E-state index in [0.29, 0.717) is 5.82 Å². The minimum atomic E-state index is 0.565. The van der Waals surface area contributed by atoms with Gasteiger partial charge in [0.2, 0.25) is 0 Å². The van der Waals surface area contributed by atoms with Gasteiger partial charge < -0.3 is 10.6 Å². The predicted octanol–water partition coefficient (Wildman–Crippen LogP) is 3.25. The topological polar surface area (TPSA) is 45.4 Å². The lowest BCUT2D eigenvalue weighted by atomic mass is 10.1. The van der Waals surface area contributed by atoms with Crippen LogP contribution in [-0.4, -0.2) is 42.6 Å². The van der Waals surface area contributed by atoms with Crippen LogP contribution in [0.1, 0.15) is 19.8 Å². The molecule has 2 N–H and O–H groups in total. The summed E-state index contributed by atoms with van der Waals surface area (Å²) in [7, 11) is 0. The second-order valence-corrected chi connectivity index (χ2v) is 6.20. The number of rotatable bonds is 5. The van der Waals surface area contributed by atoms with Gasteiger partial charge in [0.15, 0.2) is 0 Å². The number of nitrogen functional groups attached to an aromatic ring is 1. The van der Waals surface area contributed by atoms with Crippen molar-refractivity contribution < 1.29 is 0 Å². The monoisotopic (exact) mass is 310 g/mol. The highest BCUT2D eigenvalue weighted by Crippen LogP contribution is 2.24. The smallest absolute Gasteiger partial charge is 0.123 e. The first-order chi connectivity index (χ1) is 11.3. The number of pyridine rings is 1. The van der Waals surface area contributed by atoms with E-state index in [4.69, 9.17) is 5.73 Å². The first-order valence-electron chi connectivity index (χ1n) is 8.55. The van der Waals surface area contributed by atoms with Gasteiger partial charge in [-0.1, -0.05) is 25.5 Å². The van der Waals surface area contributed by atoms with Gasteiger partial charge in [-0.05, 0) is 48.4 Å². The van der Waals surface area contributed by atoms with Crippen LogP contribution < -0.4 is 10.6 Å². The van der Waals surface area contributed by atoms with Gasteiger partial charge in [-0.2, -0.15) is 0 Å². The second-order valence-electron chi connectivity index (χ2n) is 6.20. The Kier molecular flexibility index (Phi) is 5.13. The molecule has 122 valence electrons. The molecule has 0 saturated carbocycles. The summed E-state index contributed by atoms with van der Waals surface area (Å²) in [5.41, 5.74) is 9.38. The lowest BCUT2D eigenvalue weighted by Crippen LogP contribution is -2.46. The van der Waals surface area contributed by atoms with Gasteiger partial charge in [0, 0.05) is 38.1 Å². The number of nitrogens with two attached hydrogens (primary N) is 1. The summed E-state index contributed by atoms with van der Waals surface area (Å²) in [4.78, 5) is 9.11. The van der Waals surface area contributed by atoms with Gasteiger partial charge in [-0.3, -0.25) is 4.90 Å². The highest BCUT2D eigenvalue weighted by atomic mass is 15.3. The van der Waals surface area contributed by atoms with E-state index in [-0.39, 0.29) is 0 Å². The Bertz CT molecular complexity index is 616. The van der Waals surface area contributed by atoms with Gasteiger partial charge in [0.25, 0.3) is 0 Å². The lowest BCUT2D eigenvalue weighted by molar-refractivity contribution is 0.254. The molecule has 1 fully saturated rings. The molecule has 1 saturated heterocycles. The number of hydrogen-bond donors (Lipinski definition) is 1. The molecule has 4 nitrogen and oxygen atoms in total. The third-order valence-corrected chi connectivity index (χ3v) is 4.55. The van der Waals surface area contributed by atoms with E-state index in [1.165, 1.54) is 43.7 Å². The van der Waals surface area contributed by atoms with E-state index in [2.05, 4.69) is 46.0 Å². The van der Waals surface area contributed by atoms with Crippen molar-refractivity contribution in [2.24, 2.45) is 0 Å². The largest absolute Gasteiger partial charge is 0.384 e. The first-order valence-corrected chi connectivity index (χ1v) is 8.55. The fourth-order valence-electron chi connectivity index (χ4n) is 3.10. The van der Waals surface area contributed by atoms with Gasteiger partial charge in [0.1, 0.15) is 5.82 Å². The molecule has 0 unspecified atom stereocenters. The summed E-state index contributed by atoms with van der Waals surface area (Å²) in [5, 5.41) is 0. The third kappa shape index (κ3) is 4.02. The molecule has 23 heavy (non-hydrogen) atoms. The summed E-state index contributed by atoms with van der Waals surface area (Å²) in [5.74, 6) is 0.565. The van der Waals surface area contributed by atoms with Crippen LogP contribution in [0.4, 0.5) is 11.5 Å². The van der Waals surface area contributed by atoms with E-state index in [9.17, 15) is 0 Å². The predicted molar refractivity (Wildman–Crippen MR) is 97.6 cm³/mol. The van der Waals surface area contributed by atoms with Crippen molar-refractivity contribution in [1.82, 2.24) is 9.88 Å². The van der Waals surface area contributed by atoms with Crippen LogP contribution >= 0.6 is 0 Å². The van der Waals surface area contributed by atoms with Gasteiger partial charge in [0.05, 0.1) is 0 Å². The molecular formula is C19H26N4. The maximum Gasteiger partial charge on any atom is 0.123 e. The van der Waals surface area contributed by atoms with E-state index in [0.717, 1.165) is 18.7 Å². The molecule has 1 aromatic carbocycles.